The van der Waals surface area contributed by atoms with Crippen LogP contribution in [-0.4, -0.2) is 17.2 Å². The van der Waals surface area contributed by atoms with E-state index in [0.29, 0.717) is 12.1 Å². The van der Waals surface area contributed by atoms with Crippen LogP contribution in [0.15, 0.2) is 0 Å². The van der Waals surface area contributed by atoms with Crippen LogP contribution in [0.1, 0.15) is 71.6 Å². The van der Waals surface area contributed by atoms with E-state index in [1.807, 2.05) is 0 Å². The van der Waals surface area contributed by atoms with E-state index < -0.39 is 0 Å². The lowest BCUT2D eigenvalue weighted by Gasteiger charge is -2.22. The molecule has 1 rings (SSSR count). The van der Waals surface area contributed by atoms with E-state index in [0.717, 1.165) is 5.11 Å². The lowest BCUT2D eigenvalue weighted by atomic mass is 10.1. The summed E-state index contributed by atoms with van der Waals surface area (Å²) in [5.74, 6) is 0. The van der Waals surface area contributed by atoms with Gasteiger partial charge in [-0.15, -0.1) is 0 Å². The van der Waals surface area contributed by atoms with Crippen molar-refractivity contribution in [1.29, 1.82) is 0 Å². The molecule has 1 unspecified atom stereocenters. The Kier molecular flexibility index (Phi) is 7.58. The van der Waals surface area contributed by atoms with Gasteiger partial charge in [-0.2, -0.15) is 0 Å². The van der Waals surface area contributed by atoms with Crippen LogP contribution in [0, 0.1) is 0 Å². The van der Waals surface area contributed by atoms with E-state index in [9.17, 15) is 0 Å². The predicted octanol–water partition coefficient (Wildman–Crippen LogP) is 3.75. The monoisotopic (exact) mass is 256 g/mol. The fourth-order valence-corrected chi connectivity index (χ4v) is 2.90. The fourth-order valence-electron chi connectivity index (χ4n) is 2.57. The Morgan fingerprint density at radius 1 is 1.18 bits per heavy atom. The summed E-state index contributed by atoms with van der Waals surface area (Å²) in [6, 6.07) is 1.20. The fraction of sp³-hybridized carbons (Fsp3) is 0.929. The summed E-state index contributed by atoms with van der Waals surface area (Å²) in [5, 5.41) is 7.85. The number of rotatable bonds is 7. The molecular weight excluding hydrogens is 228 g/mol. The second-order valence-corrected chi connectivity index (χ2v) is 5.64. The second kappa shape index (κ2) is 8.73. The van der Waals surface area contributed by atoms with Gasteiger partial charge in [-0.3, -0.25) is 0 Å². The zero-order valence-corrected chi connectivity index (χ0v) is 12.2. The third-order valence-electron chi connectivity index (χ3n) is 3.57. The Balaban J connectivity index is 2.23. The Labute approximate surface area is 112 Å². The molecule has 17 heavy (non-hydrogen) atoms. The summed E-state index contributed by atoms with van der Waals surface area (Å²) in [7, 11) is 0. The first-order valence-electron chi connectivity index (χ1n) is 7.33. The van der Waals surface area contributed by atoms with Crippen molar-refractivity contribution in [2.24, 2.45) is 0 Å². The smallest absolute Gasteiger partial charge is 0.166 e. The molecule has 1 aliphatic carbocycles. The van der Waals surface area contributed by atoms with E-state index >= 15 is 0 Å². The van der Waals surface area contributed by atoms with Gasteiger partial charge < -0.3 is 10.6 Å². The topological polar surface area (TPSA) is 24.1 Å². The Bertz CT molecular complexity index is 212. The first-order valence-corrected chi connectivity index (χ1v) is 7.74. The van der Waals surface area contributed by atoms with Gasteiger partial charge in [0.15, 0.2) is 5.11 Å². The molecule has 2 N–H and O–H groups in total. The highest BCUT2D eigenvalue weighted by atomic mass is 32.1. The summed E-state index contributed by atoms with van der Waals surface area (Å²) in [5.41, 5.74) is 0. The number of hydrogen-bond donors (Lipinski definition) is 2. The molecule has 0 bridgehead atoms. The van der Waals surface area contributed by atoms with Crippen LogP contribution in [0.4, 0.5) is 0 Å². The SMILES string of the molecule is CCCCC(CCC)NC(=S)NC1CCCC1. The molecule has 1 aliphatic rings. The average molecular weight is 256 g/mol. The van der Waals surface area contributed by atoms with Gasteiger partial charge in [0.1, 0.15) is 0 Å². The molecule has 100 valence electrons. The van der Waals surface area contributed by atoms with Crippen LogP contribution in [0.2, 0.25) is 0 Å². The molecule has 0 radical (unpaired) electrons. The summed E-state index contributed by atoms with van der Waals surface area (Å²) in [4.78, 5) is 0. The minimum atomic E-state index is 0.571. The first-order chi connectivity index (χ1) is 8.26. The van der Waals surface area contributed by atoms with Crippen molar-refractivity contribution in [2.75, 3.05) is 0 Å². The highest BCUT2D eigenvalue weighted by molar-refractivity contribution is 7.80. The lowest BCUT2D eigenvalue weighted by molar-refractivity contribution is 0.486. The molecule has 1 atom stereocenters. The molecule has 0 saturated heterocycles. The van der Waals surface area contributed by atoms with Gasteiger partial charge in [0.2, 0.25) is 0 Å². The Hall–Kier alpha value is -0.310. The molecule has 0 aromatic heterocycles. The molecule has 3 heteroatoms. The molecule has 1 saturated carbocycles. The van der Waals surface area contributed by atoms with E-state index in [4.69, 9.17) is 12.2 Å². The maximum atomic E-state index is 5.41. The van der Waals surface area contributed by atoms with Gasteiger partial charge in [0, 0.05) is 12.1 Å². The van der Waals surface area contributed by atoms with Crippen molar-refractivity contribution in [1.82, 2.24) is 10.6 Å². The molecule has 0 aromatic carbocycles. The van der Waals surface area contributed by atoms with Crippen LogP contribution < -0.4 is 10.6 Å². The number of thiocarbonyl (C=S) groups is 1. The van der Waals surface area contributed by atoms with Crippen molar-refractivity contribution in [2.45, 2.75) is 83.7 Å². The van der Waals surface area contributed by atoms with Gasteiger partial charge in [-0.1, -0.05) is 46.0 Å². The van der Waals surface area contributed by atoms with E-state index in [1.165, 1.54) is 57.8 Å². The van der Waals surface area contributed by atoms with Crippen LogP contribution >= 0.6 is 12.2 Å². The lowest BCUT2D eigenvalue weighted by Crippen LogP contribution is -2.45. The summed E-state index contributed by atoms with van der Waals surface area (Å²) in [6.45, 7) is 4.49. The Morgan fingerprint density at radius 2 is 1.88 bits per heavy atom. The molecule has 0 aliphatic heterocycles. The van der Waals surface area contributed by atoms with Crippen LogP contribution in [-0.2, 0) is 0 Å². The van der Waals surface area contributed by atoms with Gasteiger partial charge in [0.25, 0.3) is 0 Å². The molecule has 0 aromatic rings. The maximum Gasteiger partial charge on any atom is 0.166 e. The molecular formula is C14H28N2S. The standard InChI is InChI=1S/C14H28N2S/c1-3-5-9-12(8-4-2)15-14(17)16-13-10-6-7-11-13/h12-13H,3-11H2,1-2H3,(H2,15,16,17). The van der Waals surface area contributed by atoms with E-state index in [1.54, 1.807) is 0 Å². The minimum Gasteiger partial charge on any atom is -0.360 e. The van der Waals surface area contributed by atoms with Crippen molar-refractivity contribution in [3.63, 3.8) is 0 Å². The quantitative estimate of drug-likeness (QED) is 0.678. The van der Waals surface area contributed by atoms with Crippen LogP contribution in [0.25, 0.3) is 0 Å². The minimum absolute atomic E-state index is 0.571. The third kappa shape index (κ3) is 6.25. The predicted molar refractivity (Wildman–Crippen MR) is 79.3 cm³/mol. The molecule has 0 amide bonds. The maximum absolute atomic E-state index is 5.41. The highest BCUT2D eigenvalue weighted by Crippen LogP contribution is 2.17. The molecule has 0 heterocycles. The first kappa shape index (κ1) is 14.7. The van der Waals surface area contributed by atoms with E-state index in [2.05, 4.69) is 24.5 Å². The van der Waals surface area contributed by atoms with Gasteiger partial charge >= 0.3 is 0 Å². The van der Waals surface area contributed by atoms with E-state index in [-0.39, 0.29) is 0 Å². The molecule has 1 fully saturated rings. The Morgan fingerprint density at radius 3 is 2.47 bits per heavy atom. The third-order valence-corrected chi connectivity index (χ3v) is 3.80. The van der Waals surface area contributed by atoms with Gasteiger partial charge in [-0.25, -0.2) is 0 Å². The number of unbranched alkanes of at least 4 members (excludes halogenated alkanes) is 1. The van der Waals surface area contributed by atoms with Crippen molar-refractivity contribution in [3.05, 3.63) is 0 Å². The second-order valence-electron chi connectivity index (χ2n) is 5.23. The van der Waals surface area contributed by atoms with Crippen molar-refractivity contribution in [3.8, 4) is 0 Å². The zero-order chi connectivity index (χ0) is 12.5. The normalized spacial score (nSPS) is 18.0. The van der Waals surface area contributed by atoms with Crippen LogP contribution in [0.3, 0.4) is 0 Å². The zero-order valence-electron chi connectivity index (χ0n) is 11.4. The van der Waals surface area contributed by atoms with Gasteiger partial charge in [0.05, 0.1) is 0 Å². The summed E-state index contributed by atoms with van der Waals surface area (Å²) < 4.78 is 0. The number of hydrogen-bond acceptors (Lipinski definition) is 1. The summed E-state index contributed by atoms with van der Waals surface area (Å²) >= 11 is 5.41. The molecule has 2 nitrogen and oxygen atoms in total. The van der Waals surface area contributed by atoms with Crippen molar-refractivity contribution < 1.29 is 0 Å². The molecule has 0 spiro atoms. The summed E-state index contributed by atoms with van der Waals surface area (Å²) in [6.07, 6.45) is 11.6. The highest BCUT2D eigenvalue weighted by Gasteiger charge is 2.16. The number of nitrogens with one attached hydrogen (secondary N) is 2. The average Bonchev–Trinajstić information content (AvgIpc) is 2.78. The van der Waals surface area contributed by atoms with Crippen molar-refractivity contribution >= 4 is 17.3 Å². The largest absolute Gasteiger partial charge is 0.360 e. The van der Waals surface area contributed by atoms with Gasteiger partial charge in [-0.05, 0) is 37.9 Å². The van der Waals surface area contributed by atoms with Crippen LogP contribution in [0.5, 0.6) is 0 Å².